The van der Waals surface area contributed by atoms with Crippen LogP contribution in [0, 0.1) is 5.92 Å². The Kier molecular flexibility index (Phi) is 8.44. The van der Waals surface area contributed by atoms with Crippen LogP contribution in [0.4, 0.5) is 0 Å². The Bertz CT molecular complexity index is 1170. The number of nitrogens with one attached hydrogen (secondary N) is 2. The molecular weight excluding hydrogens is 486 g/mol. The van der Waals surface area contributed by atoms with E-state index in [2.05, 4.69) is 78.1 Å². The Morgan fingerprint density at radius 3 is 2.41 bits per heavy atom. The quantitative estimate of drug-likeness (QED) is 0.440. The molecule has 198 valence electrons. The number of nitrogens with zero attached hydrogens (tertiary/aromatic N) is 3. The number of amides is 2. The number of hydrogen-bond donors (Lipinski definition) is 2. The van der Waals surface area contributed by atoms with Crippen LogP contribution in [0.5, 0.6) is 0 Å². The molecule has 3 aromatic rings. The molecule has 1 aromatic carbocycles. The van der Waals surface area contributed by atoms with Crippen LogP contribution in [0.15, 0.2) is 46.3 Å². The highest BCUT2D eigenvalue weighted by molar-refractivity contribution is 7.10. The fourth-order valence-corrected chi connectivity index (χ4v) is 6.03. The molecule has 2 amide bonds. The molecule has 1 saturated carbocycles. The van der Waals surface area contributed by atoms with Crippen molar-refractivity contribution in [1.29, 1.82) is 0 Å². The predicted octanol–water partition coefficient (Wildman–Crippen LogP) is 4.80. The maximum Gasteiger partial charge on any atom is 0.316 e. The van der Waals surface area contributed by atoms with Crippen molar-refractivity contribution >= 4 is 23.2 Å². The molecule has 1 aliphatic rings. The lowest BCUT2D eigenvalue weighted by Crippen LogP contribution is -2.44. The largest absolute Gasteiger partial charge is 0.352 e. The second-order valence-corrected chi connectivity index (χ2v) is 12.0. The zero-order chi connectivity index (χ0) is 26.6. The van der Waals surface area contributed by atoms with Crippen LogP contribution in [0.2, 0.25) is 0 Å². The molecule has 37 heavy (non-hydrogen) atoms. The molecule has 1 fully saturated rings. The molecule has 2 N–H and O–H groups in total. The van der Waals surface area contributed by atoms with Gasteiger partial charge in [0.05, 0.1) is 6.54 Å². The Morgan fingerprint density at radius 1 is 1.11 bits per heavy atom. The molecule has 4 rings (SSSR count). The molecule has 1 aliphatic carbocycles. The molecule has 0 radical (unpaired) electrons. The molecule has 1 unspecified atom stereocenters. The lowest BCUT2D eigenvalue weighted by atomic mass is 9.80. The number of carbonyl (C=O) groups is 2. The third-order valence-corrected chi connectivity index (χ3v) is 7.96. The summed E-state index contributed by atoms with van der Waals surface area (Å²) in [5, 5.41) is 11.7. The minimum atomic E-state index is -0.561. The van der Waals surface area contributed by atoms with E-state index in [0.717, 1.165) is 31.2 Å². The highest BCUT2D eigenvalue weighted by atomic mass is 32.1. The molecule has 2 aromatic heterocycles. The molecule has 0 saturated heterocycles. The zero-order valence-electron chi connectivity index (χ0n) is 22.3. The predicted molar refractivity (Wildman–Crippen MR) is 145 cm³/mol. The topological polar surface area (TPSA) is 100 Å². The van der Waals surface area contributed by atoms with Gasteiger partial charge in [-0.05, 0) is 68.1 Å². The van der Waals surface area contributed by atoms with Gasteiger partial charge in [-0.15, -0.1) is 11.3 Å². The van der Waals surface area contributed by atoms with Crippen molar-refractivity contribution < 1.29 is 14.1 Å². The summed E-state index contributed by atoms with van der Waals surface area (Å²) < 4.78 is 5.14. The monoisotopic (exact) mass is 523 g/mol. The molecule has 0 aliphatic heterocycles. The maximum absolute atomic E-state index is 12.5. The van der Waals surface area contributed by atoms with Gasteiger partial charge in [-0.2, -0.15) is 4.98 Å². The van der Waals surface area contributed by atoms with Gasteiger partial charge in [-0.1, -0.05) is 56.3 Å². The van der Waals surface area contributed by atoms with Crippen LogP contribution < -0.4 is 10.6 Å². The third-order valence-electron chi connectivity index (χ3n) is 7.01. The van der Waals surface area contributed by atoms with Crippen LogP contribution >= 0.6 is 11.3 Å². The number of benzene rings is 1. The lowest BCUT2D eigenvalue weighted by Gasteiger charge is -2.37. The minimum Gasteiger partial charge on any atom is -0.352 e. The minimum absolute atomic E-state index is 0.0412. The van der Waals surface area contributed by atoms with Gasteiger partial charge in [0, 0.05) is 22.5 Å². The van der Waals surface area contributed by atoms with E-state index in [0.29, 0.717) is 17.8 Å². The maximum atomic E-state index is 12.5. The molecule has 0 spiro atoms. The number of thiophene rings is 1. The average Bonchev–Trinajstić information content (AvgIpc) is 3.56. The average molecular weight is 524 g/mol. The van der Waals surface area contributed by atoms with Gasteiger partial charge in [0.2, 0.25) is 11.7 Å². The summed E-state index contributed by atoms with van der Waals surface area (Å²) in [7, 11) is 4.27. The molecular formula is C28H37N5O3S. The van der Waals surface area contributed by atoms with E-state index in [4.69, 9.17) is 4.52 Å². The van der Waals surface area contributed by atoms with Crippen molar-refractivity contribution in [1.82, 2.24) is 25.7 Å². The van der Waals surface area contributed by atoms with E-state index in [9.17, 15) is 9.59 Å². The molecule has 0 bridgehead atoms. The SMILES string of the molecule is CN(C)C(c1cccs1)C1CCC(NC(=O)CNC(=O)c2nc(-c3ccc(C(C)(C)C)cc3)no2)CC1. The van der Waals surface area contributed by atoms with E-state index in [-0.39, 0.29) is 29.8 Å². The van der Waals surface area contributed by atoms with Crippen molar-refractivity contribution in [3.63, 3.8) is 0 Å². The Morgan fingerprint density at radius 2 is 1.81 bits per heavy atom. The Hall–Kier alpha value is -3.04. The third kappa shape index (κ3) is 6.84. The van der Waals surface area contributed by atoms with Crippen molar-refractivity contribution in [3.8, 4) is 11.4 Å². The first-order valence-electron chi connectivity index (χ1n) is 12.8. The van der Waals surface area contributed by atoms with E-state index in [1.165, 1.54) is 10.4 Å². The first-order valence-corrected chi connectivity index (χ1v) is 13.7. The van der Waals surface area contributed by atoms with Gasteiger partial charge in [0.25, 0.3) is 0 Å². The number of rotatable bonds is 8. The molecule has 8 nitrogen and oxygen atoms in total. The van der Waals surface area contributed by atoms with Gasteiger partial charge >= 0.3 is 11.8 Å². The summed E-state index contributed by atoms with van der Waals surface area (Å²) in [4.78, 5) is 32.9. The van der Waals surface area contributed by atoms with Gasteiger partial charge < -0.3 is 20.1 Å². The number of hydrogen-bond acceptors (Lipinski definition) is 7. The Labute approximate surface area is 222 Å². The molecule has 9 heteroatoms. The van der Waals surface area contributed by atoms with Crippen LogP contribution in [0.3, 0.4) is 0 Å². The van der Waals surface area contributed by atoms with E-state index >= 15 is 0 Å². The first-order chi connectivity index (χ1) is 17.6. The summed E-state index contributed by atoms with van der Waals surface area (Å²) >= 11 is 1.80. The first kappa shape index (κ1) is 27.0. The van der Waals surface area contributed by atoms with Crippen LogP contribution in [0.1, 0.15) is 73.6 Å². The molecule has 2 heterocycles. The van der Waals surface area contributed by atoms with Crippen molar-refractivity contribution in [3.05, 3.63) is 58.1 Å². The summed E-state index contributed by atoms with van der Waals surface area (Å²) in [5.41, 5.74) is 2.00. The second kappa shape index (κ2) is 11.6. The van der Waals surface area contributed by atoms with Crippen LogP contribution in [-0.4, -0.2) is 53.5 Å². The van der Waals surface area contributed by atoms with E-state index < -0.39 is 5.91 Å². The van der Waals surface area contributed by atoms with Crippen molar-refractivity contribution in [2.24, 2.45) is 5.92 Å². The highest BCUT2D eigenvalue weighted by Crippen LogP contribution is 2.39. The molecule has 1 atom stereocenters. The standard InChI is InChI=1S/C28H37N5O3S/c1-28(2,3)20-12-8-19(9-13-20)25-31-27(36-32-25)26(35)29-17-23(34)30-21-14-10-18(11-15-21)24(33(4)5)22-7-6-16-37-22/h6-9,12-13,16,18,21,24H,10-11,14-15,17H2,1-5H3,(H,29,35)(H,30,34). The lowest BCUT2D eigenvalue weighted by molar-refractivity contribution is -0.121. The second-order valence-electron chi connectivity index (χ2n) is 11.0. The fourth-order valence-electron chi connectivity index (χ4n) is 5.01. The van der Waals surface area contributed by atoms with Gasteiger partial charge in [-0.3, -0.25) is 9.59 Å². The van der Waals surface area contributed by atoms with Gasteiger partial charge in [0.1, 0.15) is 0 Å². The van der Waals surface area contributed by atoms with E-state index in [1.54, 1.807) is 11.3 Å². The van der Waals surface area contributed by atoms with Gasteiger partial charge in [-0.25, -0.2) is 0 Å². The summed E-state index contributed by atoms with van der Waals surface area (Å²) in [5.74, 6) is -0.0276. The van der Waals surface area contributed by atoms with Crippen LogP contribution in [-0.2, 0) is 10.2 Å². The number of carbonyl (C=O) groups excluding carboxylic acids is 2. The van der Waals surface area contributed by atoms with Crippen molar-refractivity contribution in [2.75, 3.05) is 20.6 Å². The summed E-state index contributed by atoms with van der Waals surface area (Å²) in [6.45, 7) is 6.30. The smallest absolute Gasteiger partial charge is 0.316 e. The summed E-state index contributed by atoms with van der Waals surface area (Å²) in [6.07, 6.45) is 3.97. The van der Waals surface area contributed by atoms with Gasteiger partial charge in [0.15, 0.2) is 0 Å². The fraction of sp³-hybridized carbons (Fsp3) is 0.500. The van der Waals surface area contributed by atoms with Crippen LogP contribution in [0.25, 0.3) is 11.4 Å². The summed E-state index contributed by atoms with van der Waals surface area (Å²) in [6, 6.07) is 12.7. The number of aromatic nitrogens is 2. The van der Waals surface area contributed by atoms with Crippen molar-refractivity contribution in [2.45, 2.75) is 64.0 Å². The van der Waals surface area contributed by atoms with E-state index in [1.807, 2.05) is 24.3 Å². The highest BCUT2D eigenvalue weighted by Gasteiger charge is 2.31. The normalized spacial score (nSPS) is 19.0. The Balaban J connectivity index is 1.23. The zero-order valence-corrected chi connectivity index (χ0v) is 23.1.